The molecule has 14 nitrogen and oxygen atoms in total. The maximum absolute atomic E-state index is 14.4. The number of carbonyl (C=O) groups is 6. The molecular formula is C29H34FN3O11. The van der Waals surface area contributed by atoms with E-state index in [0.717, 1.165) is 17.4 Å². The number of hydrogen-bond acceptors (Lipinski definition) is 11. The van der Waals surface area contributed by atoms with E-state index < -0.39 is 47.6 Å². The summed E-state index contributed by atoms with van der Waals surface area (Å²) >= 11 is 0. The summed E-state index contributed by atoms with van der Waals surface area (Å²) in [7, 11) is 0. The fourth-order valence-electron chi connectivity index (χ4n) is 4.08. The van der Waals surface area contributed by atoms with Crippen LogP contribution in [-0.2, 0) is 43.4 Å². The van der Waals surface area contributed by atoms with Crippen molar-refractivity contribution in [3.8, 4) is 5.75 Å². The molecule has 1 aromatic rings. The molecule has 15 heteroatoms. The van der Waals surface area contributed by atoms with Gasteiger partial charge >= 0.3 is 6.09 Å². The fourth-order valence-corrected chi connectivity index (χ4v) is 4.08. The molecule has 3 heterocycles. The lowest BCUT2D eigenvalue weighted by Crippen LogP contribution is -2.36. The number of carbonyl (C=O) groups excluding carboxylic acids is 6. The van der Waals surface area contributed by atoms with Crippen molar-refractivity contribution in [2.24, 2.45) is 0 Å². The number of hydrogen-bond donors (Lipinski definition) is 1. The monoisotopic (exact) mass is 619 g/mol. The highest BCUT2D eigenvalue weighted by Gasteiger charge is 2.37. The SMILES string of the molecule is C=C.C=C.O=C(CCN1C(=O)C=CC1=O)NCCCCC1COC(c2ccc(OOOC(=O)N3C(=O)CCC3=O)c(F)c2)O1. The molecule has 0 bridgehead atoms. The Kier molecular flexibility index (Phi) is 14.5. The van der Waals surface area contributed by atoms with Crippen LogP contribution in [0.25, 0.3) is 0 Å². The Labute approximate surface area is 252 Å². The summed E-state index contributed by atoms with van der Waals surface area (Å²) < 4.78 is 25.8. The average molecular weight is 620 g/mol. The minimum atomic E-state index is -1.39. The molecule has 2 atom stereocenters. The Morgan fingerprint density at radius 2 is 1.66 bits per heavy atom. The van der Waals surface area contributed by atoms with Crippen molar-refractivity contribution >= 4 is 35.6 Å². The van der Waals surface area contributed by atoms with E-state index in [2.05, 4.69) is 46.4 Å². The van der Waals surface area contributed by atoms with Crippen LogP contribution in [0.5, 0.6) is 5.75 Å². The lowest BCUT2D eigenvalue weighted by atomic mass is 10.1. The van der Waals surface area contributed by atoms with Crippen molar-refractivity contribution < 1.29 is 57.4 Å². The molecule has 0 aliphatic carbocycles. The van der Waals surface area contributed by atoms with Gasteiger partial charge in [0.15, 0.2) is 12.1 Å². The minimum Gasteiger partial charge on any atom is -0.356 e. The Hall–Kier alpha value is -4.73. The Morgan fingerprint density at radius 1 is 1.00 bits per heavy atom. The number of halogens is 1. The number of ether oxygens (including phenoxy) is 2. The molecule has 6 amide bonds. The molecule has 2 saturated heterocycles. The number of imide groups is 4. The van der Waals surface area contributed by atoms with Gasteiger partial charge < -0.3 is 14.8 Å². The topological polar surface area (TPSA) is 167 Å². The van der Waals surface area contributed by atoms with Gasteiger partial charge in [0, 0.05) is 55.1 Å². The summed E-state index contributed by atoms with van der Waals surface area (Å²) in [5.41, 5.74) is 0.370. The van der Waals surface area contributed by atoms with Gasteiger partial charge in [0.05, 0.1) is 12.7 Å². The van der Waals surface area contributed by atoms with E-state index in [1.807, 2.05) is 0 Å². The second kappa shape index (κ2) is 18.0. The first-order valence-electron chi connectivity index (χ1n) is 13.5. The van der Waals surface area contributed by atoms with Crippen LogP contribution in [0.1, 0.15) is 50.4 Å². The first kappa shape index (κ1) is 35.5. The molecule has 1 aromatic carbocycles. The fraction of sp³-hybridized carbons (Fsp3) is 0.379. The maximum atomic E-state index is 14.4. The number of rotatable bonds is 12. The molecule has 3 aliphatic heterocycles. The summed E-state index contributed by atoms with van der Waals surface area (Å²) in [5.74, 6) is -3.89. The summed E-state index contributed by atoms with van der Waals surface area (Å²) in [4.78, 5) is 79.7. The zero-order valence-electron chi connectivity index (χ0n) is 24.0. The molecule has 0 radical (unpaired) electrons. The standard InChI is InChI=1S/C25H26FN3O11.2C2H4/c26-17-13-15(4-5-18(17)38-40-39-25(35)29-22(33)8-9-23(29)34)24-36-14-16(37-24)3-1-2-11-27-19(30)10-12-28-20(31)6-7-21(28)32;2*1-2/h4-7,13,16,24H,1-3,8-12,14H2,(H,27,30);2*1-2H2. The number of amides is 6. The molecule has 0 spiro atoms. The number of unbranched alkanes of at least 4 members (excludes halogenated alkanes) is 1. The van der Waals surface area contributed by atoms with E-state index in [9.17, 15) is 33.2 Å². The molecule has 44 heavy (non-hydrogen) atoms. The van der Waals surface area contributed by atoms with Crippen LogP contribution < -0.4 is 10.2 Å². The third-order valence-electron chi connectivity index (χ3n) is 6.18. The van der Waals surface area contributed by atoms with E-state index in [-0.39, 0.29) is 49.3 Å². The van der Waals surface area contributed by atoms with Crippen LogP contribution in [0, 0.1) is 5.82 Å². The average Bonchev–Trinajstić information content (AvgIpc) is 3.73. The number of benzene rings is 1. The van der Waals surface area contributed by atoms with Crippen molar-refractivity contribution in [2.45, 2.75) is 50.9 Å². The molecule has 2 fully saturated rings. The summed E-state index contributed by atoms with van der Waals surface area (Å²) in [6, 6.07) is 3.74. The van der Waals surface area contributed by atoms with Gasteiger partial charge in [-0.1, -0.05) is 0 Å². The van der Waals surface area contributed by atoms with Crippen LogP contribution >= 0.6 is 0 Å². The molecule has 2 unspecified atom stereocenters. The Balaban J connectivity index is 0.00000162. The van der Waals surface area contributed by atoms with Gasteiger partial charge in [-0.3, -0.25) is 33.8 Å². The first-order chi connectivity index (χ1) is 21.2. The van der Waals surface area contributed by atoms with Gasteiger partial charge in [-0.15, -0.1) is 26.3 Å². The largest absolute Gasteiger partial charge is 0.458 e. The minimum absolute atomic E-state index is 0.0265. The number of likely N-dealkylation sites (tertiary alicyclic amines) is 1. The van der Waals surface area contributed by atoms with E-state index in [0.29, 0.717) is 24.9 Å². The first-order valence-corrected chi connectivity index (χ1v) is 13.5. The third kappa shape index (κ3) is 9.93. The normalized spacial score (nSPS) is 18.8. The summed E-state index contributed by atoms with van der Waals surface area (Å²) in [5, 5.41) is 6.96. The van der Waals surface area contributed by atoms with Crippen molar-refractivity contribution in [3.05, 3.63) is 68.0 Å². The molecular weight excluding hydrogens is 585 g/mol. The second-order valence-corrected chi connectivity index (χ2v) is 8.99. The van der Waals surface area contributed by atoms with Crippen molar-refractivity contribution in [2.75, 3.05) is 19.7 Å². The van der Waals surface area contributed by atoms with Crippen LogP contribution in [-0.4, -0.2) is 71.2 Å². The van der Waals surface area contributed by atoms with Crippen LogP contribution in [0.15, 0.2) is 56.7 Å². The predicted octanol–water partition coefficient (Wildman–Crippen LogP) is 2.96. The predicted molar refractivity (Wildman–Crippen MR) is 149 cm³/mol. The Morgan fingerprint density at radius 3 is 2.30 bits per heavy atom. The number of nitrogens with one attached hydrogen (secondary N) is 1. The quantitative estimate of drug-likeness (QED) is 0.120. The molecule has 4 rings (SSSR count). The van der Waals surface area contributed by atoms with E-state index in [1.165, 1.54) is 24.3 Å². The lowest BCUT2D eigenvalue weighted by Gasteiger charge is -2.14. The zero-order chi connectivity index (χ0) is 32.6. The van der Waals surface area contributed by atoms with Gasteiger partial charge in [-0.2, -0.15) is 4.90 Å². The number of nitrogens with zero attached hydrogens (tertiary/aromatic N) is 2. The lowest BCUT2D eigenvalue weighted by molar-refractivity contribution is -0.431. The van der Waals surface area contributed by atoms with E-state index in [4.69, 9.17) is 9.47 Å². The van der Waals surface area contributed by atoms with Gasteiger partial charge in [-0.25, -0.2) is 14.1 Å². The van der Waals surface area contributed by atoms with Gasteiger partial charge in [0.2, 0.25) is 23.5 Å². The van der Waals surface area contributed by atoms with Crippen LogP contribution in [0.3, 0.4) is 0 Å². The third-order valence-corrected chi connectivity index (χ3v) is 6.18. The van der Waals surface area contributed by atoms with Crippen LogP contribution in [0.4, 0.5) is 9.18 Å². The molecule has 1 N–H and O–H groups in total. The molecule has 238 valence electrons. The molecule has 3 aliphatic rings. The molecule has 0 saturated carbocycles. The summed E-state index contributed by atoms with van der Waals surface area (Å²) in [6.45, 7) is 12.7. The molecule has 0 aromatic heterocycles. The highest BCUT2D eigenvalue weighted by Crippen LogP contribution is 2.31. The van der Waals surface area contributed by atoms with E-state index in [1.54, 1.807) is 0 Å². The highest BCUT2D eigenvalue weighted by atomic mass is 19.1. The smallest absolute Gasteiger partial charge is 0.356 e. The van der Waals surface area contributed by atoms with Crippen LogP contribution in [0.2, 0.25) is 0 Å². The zero-order valence-corrected chi connectivity index (χ0v) is 24.0. The Bertz CT molecular complexity index is 1220. The van der Waals surface area contributed by atoms with Crippen molar-refractivity contribution in [3.63, 3.8) is 0 Å². The van der Waals surface area contributed by atoms with Crippen molar-refractivity contribution in [1.29, 1.82) is 0 Å². The van der Waals surface area contributed by atoms with Gasteiger partial charge in [0.25, 0.3) is 11.8 Å². The van der Waals surface area contributed by atoms with Gasteiger partial charge in [0.1, 0.15) is 0 Å². The van der Waals surface area contributed by atoms with Gasteiger partial charge in [-0.05, 0) is 37.5 Å². The highest BCUT2D eigenvalue weighted by molar-refractivity contribution is 6.13. The second-order valence-electron chi connectivity index (χ2n) is 8.99. The van der Waals surface area contributed by atoms with E-state index >= 15 is 0 Å². The summed E-state index contributed by atoms with van der Waals surface area (Å²) in [6.07, 6.45) is 1.71. The van der Waals surface area contributed by atoms with Crippen molar-refractivity contribution in [1.82, 2.24) is 15.1 Å². The maximum Gasteiger partial charge on any atom is 0.458 e.